The van der Waals surface area contributed by atoms with Crippen molar-refractivity contribution in [3.8, 4) is 0 Å². The van der Waals surface area contributed by atoms with Crippen molar-refractivity contribution in [1.82, 2.24) is 0 Å². The second-order valence-electron chi connectivity index (χ2n) is 5.02. The fraction of sp³-hybridized carbons (Fsp3) is 0.571. The molecule has 0 amide bonds. The van der Waals surface area contributed by atoms with Gasteiger partial charge in [-0.05, 0) is 65.4 Å². The van der Waals surface area contributed by atoms with Crippen LogP contribution in [-0.2, 0) is 6.42 Å². The van der Waals surface area contributed by atoms with Gasteiger partial charge in [-0.3, -0.25) is 0 Å². The molecule has 1 atom stereocenters. The number of piperidine rings is 1. The van der Waals surface area contributed by atoms with E-state index in [4.69, 9.17) is 5.73 Å². The molecule has 1 saturated heterocycles. The second kappa shape index (κ2) is 5.87. The van der Waals surface area contributed by atoms with Gasteiger partial charge in [0, 0.05) is 17.6 Å². The second-order valence-corrected chi connectivity index (χ2v) is 5.87. The van der Waals surface area contributed by atoms with Gasteiger partial charge >= 0.3 is 0 Å². The third kappa shape index (κ3) is 3.23. The minimum absolute atomic E-state index is 0.715. The van der Waals surface area contributed by atoms with Crippen LogP contribution >= 0.6 is 15.9 Å². The quantitative estimate of drug-likeness (QED) is 0.928. The molecule has 0 bridgehead atoms. The van der Waals surface area contributed by atoms with Crippen LogP contribution in [0, 0.1) is 5.92 Å². The van der Waals surface area contributed by atoms with Crippen molar-refractivity contribution in [3.05, 3.63) is 28.2 Å². The molecule has 3 heteroatoms. The van der Waals surface area contributed by atoms with Gasteiger partial charge < -0.3 is 10.6 Å². The van der Waals surface area contributed by atoms with Gasteiger partial charge in [0.05, 0.1) is 5.69 Å². The molecule has 1 aromatic carbocycles. The Bertz CT molecular complexity index is 378. The van der Waals surface area contributed by atoms with Gasteiger partial charge in [0.2, 0.25) is 0 Å². The molecule has 1 unspecified atom stereocenters. The van der Waals surface area contributed by atoms with E-state index in [1.807, 2.05) is 0 Å². The number of benzene rings is 1. The van der Waals surface area contributed by atoms with Gasteiger partial charge in [-0.25, -0.2) is 0 Å². The maximum absolute atomic E-state index is 5.58. The summed E-state index contributed by atoms with van der Waals surface area (Å²) in [4.78, 5) is 2.49. The lowest BCUT2D eigenvalue weighted by Crippen LogP contribution is -2.34. The van der Waals surface area contributed by atoms with Crippen molar-refractivity contribution >= 4 is 21.6 Å². The molecule has 0 spiro atoms. The Kier molecular flexibility index (Phi) is 4.46. The van der Waals surface area contributed by atoms with E-state index in [1.165, 1.54) is 41.7 Å². The first kappa shape index (κ1) is 12.9. The highest BCUT2D eigenvalue weighted by molar-refractivity contribution is 9.10. The van der Waals surface area contributed by atoms with Crippen molar-refractivity contribution < 1.29 is 0 Å². The number of nitrogens with zero attached hydrogens (tertiary/aromatic N) is 1. The molecule has 1 fully saturated rings. The Hall–Kier alpha value is -0.540. The first-order valence-corrected chi connectivity index (χ1v) is 7.23. The molecule has 0 aromatic heterocycles. The van der Waals surface area contributed by atoms with Crippen LogP contribution in [0.15, 0.2) is 22.7 Å². The van der Waals surface area contributed by atoms with Crippen LogP contribution in [0.5, 0.6) is 0 Å². The van der Waals surface area contributed by atoms with E-state index >= 15 is 0 Å². The molecular formula is C14H21BrN2. The number of hydrogen-bond donors (Lipinski definition) is 1. The molecule has 0 radical (unpaired) electrons. The number of anilines is 1. The summed E-state index contributed by atoms with van der Waals surface area (Å²) >= 11 is 3.69. The highest BCUT2D eigenvalue weighted by Crippen LogP contribution is 2.30. The fourth-order valence-electron chi connectivity index (χ4n) is 2.54. The van der Waals surface area contributed by atoms with Crippen LogP contribution < -0.4 is 10.6 Å². The molecule has 2 N–H and O–H groups in total. The first-order chi connectivity index (χ1) is 8.20. The van der Waals surface area contributed by atoms with Crippen molar-refractivity contribution in [1.29, 1.82) is 0 Å². The van der Waals surface area contributed by atoms with Crippen molar-refractivity contribution in [2.45, 2.75) is 26.2 Å². The van der Waals surface area contributed by atoms with E-state index in [-0.39, 0.29) is 0 Å². The van der Waals surface area contributed by atoms with Crippen LogP contribution in [0.1, 0.15) is 25.3 Å². The Morgan fingerprint density at radius 1 is 1.47 bits per heavy atom. The third-order valence-electron chi connectivity index (χ3n) is 3.44. The molecule has 17 heavy (non-hydrogen) atoms. The van der Waals surface area contributed by atoms with Crippen molar-refractivity contribution in [3.63, 3.8) is 0 Å². The van der Waals surface area contributed by atoms with Gasteiger partial charge in [0.15, 0.2) is 0 Å². The summed E-state index contributed by atoms with van der Waals surface area (Å²) in [5.41, 5.74) is 8.23. The molecular weight excluding hydrogens is 276 g/mol. The maximum Gasteiger partial charge on any atom is 0.0510 e. The van der Waals surface area contributed by atoms with Gasteiger partial charge in [-0.15, -0.1) is 0 Å². The summed E-state index contributed by atoms with van der Waals surface area (Å²) < 4.78 is 1.21. The Morgan fingerprint density at radius 3 is 2.94 bits per heavy atom. The molecule has 0 aliphatic carbocycles. The van der Waals surface area contributed by atoms with Crippen LogP contribution in [0.25, 0.3) is 0 Å². The smallest absolute Gasteiger partial charge is 0.0510 e. The fourth-order valence-corrected chi connectivity index (χ4v) is 3.21. The summed E-state index contributed by atoms with van der Waals surface area (Å²) in [5, 5.41) is 0. The normalized spacial score (nSPS) is 20.6. The highest BCUT2D eigenvalue weighted by Gasteiger charge is 2.18. The average Bonchev–Trinajstić information content (AvgIpc) is 2.29. The summed E-state index contributed by atoms with van der Waals surface area (Å²) in [5.74, 6) is 0.805. The molecule has 1 aliphatic heterocycles. The SMILES string of the molecule is CC1CCCN(c2ccc(CCN)cc2Br)C1. The summed E-state index contributed by atoms with van der Waals surface area (Å²) in [6, 6.07) is 6.64. The predicted octanol–water partition coefficient (Wildman–Crippen LogP) is 3.19. The Morgan fingerprint density at radius 2 is 2.29 bits per heavy atom. The molecule has 1 heterocycles. The molecule has 1 aliphatic rings. The van der Waals surface area contributed by atoms with Gasteiger partial charge in [-0.2, -0.15) is 0 Å². The van der Waals surface area contributed by atoms with E-state index < -0.39 is 0 Å². The zero-order valence-corrected chi connectivity index (χ0v) is 12.0. The molecule has 94 valence electrons. The van der Waals surface area contributed by atoms with E-state index in [0.29, 0.717) is 6.54 Å². The zero-order chi connectivity index (χ0) is 12.3. The summed E-state index contributed by atoms with van der Waals surface area (Å²) in [7, 11) is 0. The lowest BCUT2D eigenvalue weighted by Gasteiger charge is -2.33. The predicted molar refractivity (Wildman–Crippen MR) is 77.5 cm³/mol. The first-order valence-electron chi connectivity index (χ1n) is 6.44. The van der Waals surface area contributed by atoms with E-state index in [2.05, 4.69) is 46.0 Å². The molecule has 2 rings (SSSR count). The Balaban J connectivity index is 2.15. The zero-order valence-electron chi connectivity index (χ0n) is 10.5. The maximum atomic E-state index is 5.58. The minimum atomic E-state index is 0.715. The van der Waals surface area contributed by atoms with Crippen molar-refractivity contribution in [2.24, 2.45) is 11.7 Å². The largest absolute Gasteiger partial charge is 0.370 e. The lowest BCUT2D eigenvalue weighted by atomic mass is 9.99. The monoisotopic (exact) mass is 296 g/mol. The number of nitrogens with two attached hydrogens (primary N) is 1. The number of halogens is 1. The molecule has 1 aromatic rings. The average molecular weight is 297 g/mol. The van der Waals surface area contributed by atoms with Crippen LogP contribution in [0.2, 0.25) is 0 Å². The van der Waals surface area contributed by atoms with Crippen LogP contribution in [-0.4, -0.2) is 19.6 Å². The van der Waals surface area contributed by atoms with Crippen LogP contribution in [0.3, 0.4) is 0 Å². The Labute approximate surface area is 112 Å². The lowest BCUT2D eigenvalue weighted by molar-refractivity contribution is 0.446. The van der Waals surface area contributed by atoms with Crippen molar-refractivity contribution in [2.75, 3.05) is 24.5 Å². The third-order valence-corrected chi connectivity index (χ3v) is 4.08. The highest BCUT2D eigenvalue weighted by atomic mass is 79.9. The molecule has 0 saturated carbocycles. The van der Waals surface area contributed by atoms with E-state index in [0.717, 1.165) is 12.3 Å². The molecule has 2 nitrogen and oxygen atoms in total. The van der Waals surface area contributed by atoms with E-state index in [9.17, 15) is 0 Å². The number of rotatable bonds is 3. The topological polar surface area (TPSA) is 29.3 Å². The summed E-state index contributed by atoms with van der Waals surface area (Å²) in [6.45, 7) is 5.41. The van der Waals surface area contributed by atoms with E-state index in [1.54, 1.807) is 0 Å². The summed E-state index contributed by atoms with van der Waals surface area (Å²) in [6.07, 6.45) is 3.62. The minimum Gasteiger partial charge on any atom is -0.370 e. The standard InChI is InChI=1S/C14H21BrN2/c1-11-3-2-8-17(10-11)14-5-4-12(6-7-16)9-13(14)15/h4-5,9,11H,2-3,6-8,10,16H2,1H3. The van der Waals surface area contributed by atoms with Gasteiger partial charge in [-0.1, -0.05) is 13.0 Å². The van der Waals surface area contributed by atoms with Crippen LogP contribution in [0.4, 0.5) is 5.69 Å². The van der Waals surface area contributed by atoms with Gasteiger partial charge in [0.25, 0.3) is 0 Å². The van der Waals surface area contributed by atoms with Gasteiger partial charge in [0.1, 0.15) is 0 Å². The number of hydrogen-bond acceptors (Lipinski definition) is 2.